The SMILES string of the molecule is CO[C@H]([C@@H](C)C(=O)N[C@@]1(C(=O)N2CCCCO2)C[C@@H]1c1ccccc1)[C@@H]1CCCN1C(=O)OC(C)(C)C. The third kappa shape index (κ3) is 5.93. The zero-order valence-electron chi connectivity index (χ0n) is 22.7. The van der Waals surface area contributed by atoms with Gasteiger partial charge in [-0.1, -0.05) is 37.3 Å². The van der Waals surface area contributed by atoms with Crippen molar-refractivity contribution in [3.63, 3.8) is 0 Å². The average Bonchev–Trinajstić information content (AvgIpc) is 3.39. The van der Waals surface area contributed by atoms with Crippen molar-refractivity contribution in [1.82, 2.24) is 15.3 Å². The van der Waals surface area contributed by atoms with Crippen molar-refractivity contribution in [2.45, 2.75) is 89.0 Å². The lowest BCUT2D eigenvalue weighted by atomic mass is 9.94. The maximum absolute atomic E-state index is 13.7. The van der Waals surface area contributed by atoms with E-state index in [2.05, 4.69) is 5.32 Å². The van der Waals surface area contributed by atoms with Gasteiger partial charge in [0.25, 0.3) is 5.91 Å². The van der Waals surface area contributed by atoms with Crippen LogP contribution in [0, 0.1) is 5.92 Å². The van der Waals surface area contributed by atoms with Crippen LogP contribution >= 0.6 is 0 Å². The van der Waals surface area contributed by atoms with E-state index < -0.39 is 29.3 Å². The van der Waals surface area contributed by atoms with Crippen LogP contribution in [0.4, 0.5) is 4.79 Å². The summed E-state index contributed by atoms with van der Waals surface area (Å²) in [5, 5.41) is 4.53. The molecule has 1 aromatic rings. The van der Waals surface area contributed by atoms with Crippen LogP contribution < -0.4 is 5.32 Å². The molecule has 0 radical (unpaired) electrons. The van der Waals surface area contributed by atoms with Gasteiger partial charge in [-0.2, -0.15) is 0 Å². The smallest absolute Gasteiger partial charge is 0.410 e. The Kier molecular flexibility index (Phi) is 8.14. The van der Waals surface area contributed by atoms with Crippen LogP contribution in [-0.2, 0) is 23.9 Å². The van der Waals surface area contributed by atoms with Gasteiger partial charge in [-0.05, 0) is 58.4 Å². The summed E-state index contributed by atoms with van der Waals surface area (Å²) in [5.41, 5.74) is -0.656. The highest BCUT2D eigenvalue weighted by atomic mass is 16.7. The number of hydrogen-bond acceptors (Lipinski definition) is 6. The Hall–Kier alpha value is -2.65. The summed E-state index contributed by atoms with van der Waals surface area (Å²) >= 11 is 0. The molecule has 1 aromatic carbocycles. The molecule has 5 atom stereocenters. The fraction of sp³-hybridized carbons (Fsp3) is 0.679. The molecule has 0 spiro atoms. The minimum Gasteiger partial charge on any atom is -0.444 e. The summed E-state index contributed by atoms with van der Waals surface area (Å²) in [6, 6.07) is 9.50. The van der Waals surface area contributed by atoms with E-state index in [1.54, 1.807) is 18.9 Å². The summed E-state index contributed by atoms with van der Waals surface area (Å²) in [6.07, 6.45) is 2.88. The van der Waals surface area contributed by atoms with Gasteiger partial charge in [0.15, 0.2) is 0 Å². The minimum absolute atomic E-state index is 0.131. The Morgan fingerprint density at radius 2 is 1.84 bits per heavy atom. The van der Waals surface area contributed by atoms with Crippen molar-refractivity contribution < 1.29 is 28.7 Å². The number of carbonyl (C=O) groups excluding carboxylic acids is 3. The first-order chi connectivity index (χ1) is 17.6. The molecule has 0 unspecified atom stereocenters. The molecule has 9 heteroatoms. The van der Waals surface area contributed by atoms with Crippen LogP contribution in [0.2, 0.25) is 0 Å². The maximum Gasteiger partial charge on any atom is 0.410 e. The Balaban J connectivity index is 1.51. The predicted molar refractivity (Wildman–Crippen MR) is 137 cm³/mol. The van der Waals surface area contributed by atoms with E-state index in [4.69, 9.17) is 14.3 Å². The zero-order valence-corrected chi connectivity index (χ0v) is 22.7. The van der Waals surface area contributed by atoms with Crippen LogP contribution in [0.1, 0.15) is 71.3 Å². The largest absolute Gasteiger partial charge is 0.444 e. The summed E-state index contributed by atoms with van der Waals surface area (Å²) in [5.74, 6) is -1.20. The minimum atomic E-state index is -1.05. The molecule has 9 nitrogen and oxygen atoms in total. The second-order valence-corrected chi connectivity index (χ2v) is 11.4. The molecular weight excluding hydrogens is 474 g/mol. The van der Waals surface area contributed by atoms with E-state index in [0.717, 1.165) is 24.8 Å². The lowest BCUT2D eigenvalue weighted by Gasteiger charge is -2.36. The summed E-state index contributed by atoms with van der Waals surface area (Å²) in [7, 11) is 1.56. The van der Waals surface area contributed by atoms with E-state index in [0.29, 0.717) is 32.5 Å². The van der Waals surface area contributed by atoms with Gasteiger partial charge in [0, 0.05) is 26.1 Å². The number of ether oxygens (including phenoxy) is 2. The fourth-order valence-corrected chi connectivity index (χ4v) is 5.62. The Labute approximate surface area is 219 Å². The number of rotatable bonds is 7. The number of benzene rings is 1. The lowest BCUT2D eigenvalue weighted by molar-refractivity contribution is -0.200. The van der Waals surface area contributed by atoms with Gasteiger partial charge in [0.1, 0.15) is 11.1 Å². The van der Waals surface area contributed by atoms with Gasteiger partial charge in [-0.15, -0.1) is 0 Å². The van der Waals surface area contributed by atoms with Gasteiger partial charge in [-0.3, -0.25) is 14.4 Å². The van der Waals surface area contributed by atoms with Crippen molar-refractivity contribution in [2.24, 2.45) is 5.92 Å². The Morgan fingerprint density at radius 3 is 2.46 bits per heavy atom. The van der Waals surface area contributed by atoms with Crippen molar-refractivity contribution in [1.29, 1.82) is 0 Å². The molecule has 1 saturated carbocycles. The van der Waals surface area contributed by atoms with E-state index in [1.807, 2.05) is 51.1 Å². The summed E-state index contributed by atoms with van der Waals surface area (Å²) < 4.78 is 11.4. The van der Waals surface area contributed by atoms with Gasteiger partial charge < -0.3 is 19.7 Å². The van der Waals surface area contributed by atoms with Crippen LogP contribution in [0.15, 0.2) is 30.3 Å². The number of methoxy groups -OCH3 is 1. The van der Waals surface area contributed by atoms with Crippen molar-refractivity contribution in [3.8, 4) is 0 Å². The highest BCUT2D eigenvalue weighted by molar-refractivity contribution is 5.96. The second-order valence-electron chi connectivity index (χ2n) is 11.4. The number of carbonyl (C=O) groups is 3. The van der Waals surface area contributed by atoms with Gasteiger partial charge in [0.2, 0.25) is 5.91 Å². The van der Waals surface area contributed by atoms with Crippen LogP contribution in [-0.4, -0.2) is 78.0 Å². The van der Waals surface area contributed by atoms with Crippen LogP contribution in [0.25, 0.3) is 0 Å². The van der Waals surface area contributed by atoms with Crippen molar-refractivity contribution in [2.75, 3.05) is 26.8 Å². The molecule has 3 amide bonds. The molecule has 37 heavy (non-hydrogen) atoms. The van der Waals surface area contributed by atoms with Gasteiger partial charge >= 0.3 is 6.09 Å². The van der Waals surface area contributed by atoms with Crippen LogP contribution in [0.3, 0.4) is 0 Å². The molecule has 204 valence electrons. The number of hydroxylamine groups is 2. The van der Waals surface area contributed by atoms with Gasteiger partial charge in [-0.25, -0.2) is 9.86 Å². The quantitative estimate of drug-likeness (QED) is 0.596. The molecule has 4 rings (SSSR count). The van der Waals surface area contributed by atoms with E-state index in [1.165, 1.54) is 5.06 Å². The highest BCUT2D eigenvalue weighted by Gasteiger charge is 2.63. The molecule has 2 aliphatic heterocycles. The first kappa shape index (κ1) is 27.4. The summed E-state index contributed by atoms with van der Waals surface area (Å²) in [4.78, 5) is 47.6. The first-order valence-electron chi connectivity index (χ1n) is 13.4. The Bertz CT molecular complexity index is 974. The van der Waals surface area contributed by atoms with E-state index in [-0.39, 0.29) is 23.8 Å². The third-order valence-electron chi connectivity index (χ3n) is 7.60. The highest BCUT2D eigenvalue weighted by Crippen LogP contribution is 2.53. The Morgan fingerprint density at radius 1 is 1.11 bits per heavy atom. The van der Waals surface area contributed by atoms with E-state index >= 15 is 0 Å². The molecular formula is C28H41N3O6. The number of amides is 3. The summed E-state index contributed by atoms with van der Waals surface area (Å²) in [6.45, 7) is 8.86. The molecule has 2 saturated heterocycles. The normalized spacial score (nSPS) is 27.4. The molecule has 3 aliphatic rings. The molecule has 1 aliphatic carbocycles. The maximum atomic E-state index is 13.7. The second kappa shape index (κ2) is 11.0. The average molecular weight is 516 g/mol. The standard InChI is InChI=1S/C28H41N3O6/c1-19(23(35-5)22-14-11-15-30(22)26(34)37-27(2,3)4)24(32)29-28(25(33)31-16-9-10-17-36-31)18-21(28)20-12-7-6-8-13-20/h6-8,12-13,19,21-23H,9-11,14-18H2,1-5H3,(H,29,32)/t19-,21-,22+,23-,28+/m1/s1. The fourth-order valence-electron chi connectivity index (χ4n) is 5.62. The molecule has 2 heterocycles. The van der Waals surface area contributed by atoms with Gasteiger partial charge in [0.05, 0.1) is 24.7 Å². The number of nitrogens with one attached hydrogen (secondary N) is 1. The first-order valence-corrected chi connectivity index (χ1v) is 13.4. The van der Waals surface area contributed by atoms with Crippen molar-refractivity contribution >= 4 is 17.9 Å². The zero-order chi connectivity index (χ0) is 26.8. The van der Waals surface area contributed by atoms with Crippen molar-refractivity contribution in [3.05, 3.63) is 35.9 Å². The number of nitrogens with zero attached hydrogens (tertiary/aromatic N) is 2. The molecule has 1 N–H and O–H groups in total. The number of likely N-dealkylation sites (tertiary alicyclic amines) is 1. The van der Waals surface area contributed by atoms with E-state index in [9.17, 15) is 14.4 Å². The predicted octanol–water partition coefficient (Wildman–Crippen LogP) is 3.63. The number of hydrogen-bond donors (Lipinski definition) is 1. The topological polar surface area (TPSA) is 97.4 Å². The molecule has 0 bridgehead atoms. The third-order valence-corrected chi connectivity index (χ3v) is 7.60. The molecule has 0 aromatic heterocycles. The molecule has 3 fully saturated rings. The van der Waals surface area contributed by atoms with Crippen LogP contribution in [0.5, 0.6) is 0 Å². The lowest BCUT2D eigenvalue weighted by Crippen LogP contribution is -2.56. The monoisotopic (exact) mass is 515 g/mol.